The molecule has 0 N–H and O–H groups in total. The Morgan fingerprint density at radius 1 is 1.14 bits per heavy atom. The fraction of sp³-hybridized carbons (Fsp3) is 1.00. The zero-order chi connectivity index (χ0) is 5.71. The summed E-state index contributed by atoms with van der Waals surface area (Å²) >= 11 is 11.2. The predicted octanol–water partition coefficient (Wildman–Crippen LogP) is 1.93. The summed E-state index contributed by atoms with van der Waals surface area (Å²) < 4.78 is 4.82. The summed E-state index contributed by atoms with van der Waals surface area (Å²) in [5.74, 6) is 0. The Morgan fingerprint density at radius 3 is 1.29 bits per heavy atom. The van der Waals surface area contributed by atoms with Crippen LogP contribution in [0.4, 0.5) is 0 Å². The molecule has 0 bridgehead atoms. The lowest BCUT2D eigenvalue weighted by atomic mass is 10.4. The standard InChI is InChI=1S/C4H6Cl2O/c1-3(5)4(2,6)7-3/h1-2H3/t3-,4+. The van der Waals surface area contributed by atoms with Gasteiger partial charge in [-0.1, -0.05) is 23.2 Å². The first-order valence-electron chi connectivity index (χ1n) is 2.04. The highest BCUT2D eigenvalue weighted by Gasteiger charge is 2.62. The van der Waals surface area contributed by atoms with Crippen LogP contribution in [-0.2, 0) is 4.74 Å². The molecule has 1 aliphatic rings. The van der Waals surface area contributed by atoms with Crippen LogP contribution >= 0.6 is 23.2 Å². The van der Waals surface area contributed by atoms with Crippen LogP contribution in [0.2, 0.25) is 0 Å². The van der Waals surface area contributed by atoms with Crippen molar-refractivity contribution in [2.45, 2.75) is 24.0 Å². The van der Waals surface area contributed by atoms with E-state index in [9.17, 15) is 0 Å². The van der Waals surface area contributed by atoms with Crippen LogP contribution in [0.5, 0.6) is 0 Å². The normalized spacial score (nSPS) is 60.0. The van der Waals surface area contributed by atoms with Crippen LogP contribution in [0.3, 0.4) is 0 Å². The Kier molecular flexibility index (Phi) is 0.887. The molecule has 1 fully saturated rings. The Hall–Kier alpha value is 0.540. The Labute approximate surface area is 52.5 Å². The van der Waals surface area contributed by atoms with Gasteiger partial charge in [0.2, 0.25) is 0 Å². The maximum atomic E-state index is 5.58. The van der Waals surface area contributed by atoms with E-state index in [1.54, 1.807) is 13.8 Å². The van der Waals surface area contributed by atoms with E-state index in [2.05, 4.69) is 0 Å². The fourth-order valence-corrected chi connectivity index (χ4v) is 0.683. The second-order valence-electron chi connectivity index (χ2n) is 1.94. The molecule has 0 aromatic carbocycles. The van der Waals surface area contributed by atoms with Crippen molar-refractivity contribution in [2.24, 2.45) is 0 Å². The highest BCUT2D eigenvalue weighted by molar-refractivity contribution is 6.36. The van der Waals surface area contributed by atoms with Gasteiger partial charge >= 0.3 is 0 Å². The van der Waals surface area contributed by atoms with Crippen molar-refractivity contribution in [1.29, 1.82) is 0 Å². The van der Waals surface area contributed by atoms with E-state index in [4.69, 9.17) is 27.9 Å². The third-order valence-corrected chi connectivity index (χ3v) is 2.11. The minimum Gasteiger partial charge on any atom is -0.330 e. The van der Waals surface area contributed by atoms with E-state index in [1.807, 2.05) is 0 Å². The molecule has 7 heavy (non-hydrogen) atoms. The van der Waals surface area contributed by atoms with Gasteiger partial charge in [0.1, 0.15) is 0 Å². The van der Waals surface area contributed by atoms with Crippen molar-refractivity contribution < 1.29 is 4.74 Å². The quantitative estimate of drug-likeness (QED) is 0.371. The van der Waals surface area contributed by atoms with Gasteiger partial charge in [0.15, 0.2) is 10.1 Å². The summed E-state index contributed by atoms with van der Waals surface area (Å²) in [6.45, 7) is 3.48. The third-order valence-electron chi connectivity index (χ3n) is 1.14. The van der Waals surface area contributed by atoms with Crippen molar-refractivity contribution in [2.75, 3.05) is 0 Å². The van der Waals surface area contributed by atoms with E-state index in [0.717, 1.165) is 0 Å². The molecule has 3 heteroatoms. The van der Waals surface area contributed by atoms with Gasteiger partial charge in [-0.25, -0.2) is 0 Å². The molecular weight excluding hydrogens is 135 g/mol. The van der Waals surface area contributed by atoms with Crippen LogP contribution in [-0.4, -0.2) is 10.1 Å². The monoisotopic (exact) mass is 140 g/mol. The van der Waals surface area contributed by atoms with Crippen LogP contribution in [0.25, 0.3) is 0 Å². The largest absolute Gasteiger partial charge is 0.330 e. The van der Waals surface area contributed by atoms with Gasteiger partial charge in [-0.2, -0.15) is 0 Å². The number of epoxide rings is 1. The second kappa shape index (κ2) is 1.09. The molecular formula is C4H6Cl2O. The lowest BCUT2D eigenvalue weighted by molar-refractivity contribution is 0.353. The van der Waals surface area contributed by atoms with Crippen molar-refractivity contribution in [3.8, 4) is 0 Å². The molecule has 42 valence electrons. The summed E-state index contributed by atoms with van der Waals surface area (Å²) in [7, 11) is 0. The molecule has 0 radical (unpaired) electrons. The van der Waals surface area contributed by atoms with Crippen LogP contribution in [0.1, 0.15) is 13.8 Å². The first-order valence-corrected chi connectivity index (χ1v) is 2.79. The van der Waals surface area contributed by atoms with E-state index < -0.39 is 10.1 Å². The lowest BCUT2D eigenvalue weighted by Crippen LogP contribution is -2.03. The zero-order valence-corrected chi connectivity index (χ0v) is 5.68. The van der Waals surface area contributed by atoms with Crippen molar-refractivity contribution in [3.05, 3.63) is 0 Å². The summed E-state index contributed by atoms with van der Waals surface area (Å²) in [4.78, 5) is 0. The van der Waals surface area contributed by atoms with Crippen molar-refractivity contribution in [3.63, 3.8) is 0 Å². The van der Waals surface area contributed by atoms with Gasteiger partial charge in [0.25, 0.3) is 0 Å². The van der Waals surface area contributed by atoms with Crippen molar-refractivity contribution in [1.82, 2.24) is 0 Å². The molecule has 0 aromatic heterocycles. The molecule has 1 nitrogen and oxygen atoms in total. The van der Waals surface area contributed by atoms with E-state index in [-0.39, 0.29) is 0 Å². The van der Waals surface area contributed by atoms with Gasteiger partial charge in [-0.3, -0.25) is 0 Å². The highest BCUT2D eigenvalue weighted by Crippen LogP contribution is 2.53. The molecule has 1 rings (SSSR count). The average Bonchev–Trinajstić information content (AvgIpc) is 1.63. The Balaban J connectivity index is 2.59. The number of alkyl halides is 2. The van der Waals surface area contributed by atoms with Crippen molar-refractivity contribution >= 4 is 23.2 Å². The first-order chi connectivity index (χ1) is 2.96. The molecule has 0 unspecified atom stereocenters. The second-order valence-corrected chi connectivity index (χ2v) is 3.38. The maximum Gasteiger partial charge on any atom is 0.183 e. The molecule has 1 saturated heterocycles. The fourth-order valence-electron chi connectivity index (χ4n) is 0.334. The lowest BCUT2D eigenvalue weighted by Gasteiger charge is -1.90. The summed E-state index contributed by atoms with van der Waals surface area (Å²) in [5.41, 5.74) is 0. The highest BCUT2D eigenvalue weighted by atomic mass is 35.5. The molecule has 0 spiro atoms. The number of hydrogen-bond acceptors (Lipinski definition) is 1. The minimum absolute atomic E-state index is 0.617. The van der Waals surface area contributed by atoms with E-state index in [1.165, 1.54) is 0 Å². The summed E-state index contributed by atoms with van der Waals surface area (Å²) in [5, 5.41) is -1.23. The van der Waals surface area contributed by atoms with Crippen LogP contribution < -0.4 is 0 Å². The van der Waals surface area contributed by atoms with Gasteiger partial charge in [0, 0.05) is 0 Å². The predicted molar refractivity (Wildman–Crippen MR) is 29.6 cm³/mol. The molecule has 1 aliphatic heterocycles. The van der Waals surface area contributed by atoms with Gasteiger partial charge in [0.05, 0.1) is 0 Å². The zero-order valence-electron chi connectivity index (χ0n) is 4.16. The third kappa shape index (κ3) is 0.735. The maximum absolute atomic E-state index is 5.58. The Bertz CT molecular complexity index is 85.9. The minimum atomic E-state index is -0.617. The number of hydrogen-bond donors (Lipinski definition) is 0. The SMILES string of the molecule is C[C@]1(Cl)O[C@@]1(C)Cl. The van der Waals surface area contributed by atoms with Gasteiger partial charge in [-0.05, 0) is 13.8 Å². The molecule has 2 atom stereocenters. The smallest absolute Gasteiger partial charge is 0.183 e. The van der Waals surface area contributed by atoms with Crippen LogP contribution in [0, 0.1) is 0 Å². The molecule has 0 amide bonds. The average molecular weight is 141 g/mol. The molecule has 0 aromatic rings. The number of halogens is 2. The Morgan fingerprint density at radius 2 is 1.29 bits per heavy atom. The molecule has 0 saturated carbocycles. The molecule has 1 heterocycles. The summed E-state index contributed by atoms with van der Waals surface area (Å²) in [6, 6.07) is 0. The number of ether oxygens (including phenoxy) is 1. The first kappa shape index (κ1) is 5.67. The van der Waals surface area contributed by atoms with Gasteiger partial charge in [-0.15, -0.1) is 0 Å². The topological polar surface area (TPSA) is 12.5 Å². The van der Waals surface area contributed by atoms with Crippen LogP contribution in [0.15, 0.2) is 0 Å². The summed E-state index contributed by atoms with van der Waals surface area (Å²) in [6.07, 6.45) is 0. The van der Waals surface area contributed by atoms with E-state index >= 15 is 0 Å². The molecule has 0 aliphatic carbocycles. The van der Waals surface area contributed by atoms with Gasteiger partial charge < -0.3 is 4.74 Å². The van der Waals surface area contributed by atoms with E-state index in [0.29, 0.717) is 0 Å². The number of rotatable bonds is 0.